The molecule has 0 unspecified atom stereocenters. The molecule has 0 aliphatic heterocycles. The molecule has 2 aromatic carbocycles. The zero-order valence-electron chi connectivity index (χ0n) is 13.3. The molecule has 2 aromatic rings. The van der Waals surface area contributed by atoms with Crippen LogP contribution in [0.1, 0.15) is 16.7 Å². The van der Waals surface area contributed by atoms with Gasteiger partial charge >= 0.3 is 6.18 Å². The molecule has 0 radical (unpaired) electrons. The Labute approximate surface area is 138 Å². The van der Waals surface area contributed by atoms with E-state index in [2.05, 4.69) is 0 Å². The average Bonchev–Trinajstić information content (AvgIpc) is 2.54. The van der Waals surface area contributed by atoms with E-state index in [9.17, 15) is 18.0 Å². The summed E-state index contributed by atoms with van der Waals surface area (Å²) < 4.78 is 38.2. The Balaban J connectivity index is 2.01. The lowest BCUT2D eigenvalue weighted by Crippen LogP contribution is -2.42. The van der Waals surface area contributed by atoms with Crippen LogP contribution < -0.4 is 5.73 Å². The normalized spacial score (nSPS) is 12.7. The molecular formula is C18H19F3N2O. The number of hydrogen-bond acceptors (Lipinski definition) is 2. The summed E-state index contributed by atoms with van der Waals surface area (Å²) in [5, 5.41) is 0. The van der Waals surface area contributed by atoms with Crippen LogP contribution in [0.15, 0.2) is 54.6 Å². The van der Waals surface area contributed by atoms with Gasteiger partial charge in [0.05, 0.1) is 11.6 Å². The van der Waals surface area contributed by atoms with E-state index in [1.807, 2.05) is 30.3 Å². The third kappa shape index (κ3) is 4.83. The second-order valence-electron chi connectivity index (χ2n) is 5.69. The molecule has 2 N–H and O–H groups in total. The van der Waals surface area contributed by atoms with Crippen molar-refractivity contribution in [3.05, 3.63) is 71.3 Å². The number of nitrogens with zero attached hydrogens (tertiary/aromatic N) is 1. The van der Waals surface area contributed by atoms with Crippen molar-refractivity contribution in [2.24, 2.45) is 5.73 Å². The van der Waals surface area contributed by atoms with Crippen molar-refractivity contribution in [2.75, 3.05) is 7.05 Å². The highest BCUT2D eigenvalue weighted by molar-refractivity contribution is 5.81. The second-order valence-corrected chi connectivity index (χ2v) is 5.69. The van der Waals surface area contributed by atoms with E-state index in [1.165, 1.54) is 11.0 Å². The lowest BCUT2D eigenvalue weighted by atomic mass is 10.0. The summed E-state index contributed by atoms with van der Waals surface area (Å²) in [5.74, 6) is -0.309. The van der Waals surface area contributed by atoms with Gasteiger partial charge in [-0.1, -0.05) is 48.5 Å². The van der Waals surface area contributed by atoms with Crippen molar-refractivity contribution in [1.82, 2.24) is 4.90 Å². The van der Waals surface area contributed by atoms with Crippen LogP contribution in [0.3, 0.4) is 0 Å². The Bertz CT molecular complexity index is 686. The standard InChI is InChI=1S/C18H19F3N2O/c1-23(12-13-6-3-2-4-7-13)17(24)16(22)11-14-8-5-9-15(10-14)18(19,20)21/h2-10,16H,11-12,22H2,1H3/t16-/m0/s1. The van der Waals surface area contributed by atoms with Crippen molar-refractivity contribution in [3.63, 3.8) is 0 Å². The first-order valence-electron chi connectivity index (χ1n) is 7.48. The predicted octanol–water partition coefficient (Wildman–Crippen LogP) is 3.23. The fourth-order valence-corrected chi connectivity index (χ4v) is 2.43. The molecule has 6 heteroatoms. The molecule has 0 aromatic heterocycles. The van der Waals surface area contributed by atoms with E-state index in [4.69, 9.17) is 5.73 Å². The van der Waals surface area contributed by atoms with Crippen LogP contribution in [-0.4, -0.2) is 23.9 Å². The van der Waals surface area contributed by atoms with Gasteiger partial charge in [0.1, 0.15) is 0 Å². The molecule has 3 nitrogen and oxygen atoms in total. The quantitative estimate of drug-likeness (QED) is 0.911. The number of likely N-dealkylation sites (N-methyl/N-ethyl adjacent to an activating group) is 1. The predicted molar refractivity (Wildman–Crippen MR) is 86.0 cm³/mol. The second kappa shape index (κ2) is 7.49. The summed E-state index contributed by atoms with van der Waals surface area (Å²) in [5.41, 5.74) is 6.50. The number of amides is 1. The minimum absolute atomic E-state index is 0.0574. The van der Waals surface area contributed by atoms with Gasteiger partial charge in [-0.25, -0.2) is 0 Å². The topological polar surface area (TPSA) is 46.3 Å². The van der Waals surface area contributed by atoms with Gasteiger partial charge < -0.3 is 10.6 Å². The van der Waals surface area contributed by atoms with Crippen molar-refractivity contribution < 1.29 is 18.0 Å². The first-order chi connectivity index (χ1) is 11.3. The molecule has 1 amide bonds. The first kappa shape index (κ1) is 18.0. The molecule has 0 spiro atoms. The molecule has 0 aliphatic carbocycles. The number of rotatable bonds is 5. The Hall–Kier alpha value is -2.34. The molecule has 0 saturated heterocycles. The SMILES string of the molecule is CN(Cc1ccccc1)C(=O)[C@@H](N)Cc1cccc(C(F)(F)F)c1. The summed E-state index contributed by atoms with van der Waals surface area (Å²) in [7, 11) is 1.63. The first-order valence-corrected chi connectivity index (χ1v) is 7.48. The van der Waals surface area contributed by atoms with E-state index < -0.39 is 17.8 Å². The van der Waals surface area contributed by atoms with E-state index in [-0.39, 0.29) is 12.3 Å². The van der Waals surface area contributed by atoms with E-state index >= 15 is 0 Å². The number of hydrogen-bond donors (Lipinski definition) is 1. The Morgan fingerprint density at radius 2 is 1.71 bits per heavy atom. The molecule has 0 fully saturated rings. The van der Waals surface area contributed by atoms with Gasteiger partial charge in [-0.3, -0.25) is 4.79 Å². The van der Waals surface area contributed by atoms with Gasteiger partial charge in [0.2, 0.25) is 5.91 Å². The number of nitrogens with two attached hydrogens (primary N) is 1. The highest BCUT2D eigenvalue weighted by Crippen LogP contribution is 2.29. The number of alkyl halides is 3. The maximum atomic E-state index is 12.7. The summed E-state index contributed by atoms with van der Waals surface area (Å²) in [6.45, 7) is 0.399. The van der Waals surface area contributed by atoms with Crippen LogP contribution in [-0.2, 0) is 23.9 Å². The Morgan fingerprint density at radius 3 is 2.33 bits per heavy atom. The third-order valence-electron chi connectivity index (χ3n) is 3.67. The fraction of sp³-hybridized carbons (Fsp3) is 0.278. The lowest BCUT2D eigenvalue weighted by Gasteiger charge is -2.21. The molecular weight excluding hydrogens is 317 g/mol. The van der Waals surface area contributed by atoms with Gasteiger partial charge in [-0.2, -0.15) is 13.2 Å². The highest BCUT2D eigenvalue weighted by Gasteiger charge is 2.30. The van der Waals surface area contributed by atoms with Crippen LogP contribution in [0.2, 0.25) is 0 Å². The number of halogens is 3. The fourth-order valence-electron chi connectivity index (χ4n) is 2.43. The minimum Gasteiger partial charge on any atom is -0.340 e. The van der Waals surface area contributed by atoms with Gasteiger partial charge in [0.15, 0.2) is 0 Å². The van der Waals surface area contributed by atoms with E-state index in [0.29, 0.717) is 12.1 Å². The molecule has 128 valence electrons. The number of benzene rings is 2. The summed E-state index contributed by atoms with van der Waals surface area (Å²) in [6, 6.07) is 13.4. The summed E-state index contributed by atoms with van der Waals surface area (Å²) >= 11 is 0. The van der Waals surface area contributed by atoms with Crippen molar-refractivity contribution in [2.45, 2.75) is 25.2 Å². The van der Waals surface area contributed by atoms with Crippen molar-refractivity contribution >= 4 is 5.91 Å². The van der Waals surface area contributed by atoms with Gasteiger partial charge in [-0.05, 0) is 23.6 Å². The summed E-state index contributed by atoms with van der Waals surface area (Å²) in [6.07, 6.45) is -4.35. The maximum absolute atomic E-state index is 12.7. The van der Waals surface area contributed by atoms with Crippen LogP contribution >= 0.6 is 0 Å². The zero-order valence-corrected chi connectivity index (χ0v) is 13.3. The molecule has 0 saturated carbocycles. The van der Waals surface area contributed by atoms with Crippen LogP contribution in [0.4, 0.5) is 13.2 Å². The van der Waals surface area contributed by atoms with Crippen LogP contribution in [0.25, 0.3) is 0 Å². The van der Waals surface area contributed by atoms with Crippen molar-refractivity contribution in [1.29, 1.82) is 0 Å². The van der Waals surface area contributed by atoms with E-state index in [1.54, 1.807) is 13.1 Å². The van der Waals surface area contributed by atoms with Crippen molar-refractivity contribution in [3.8, 4) is 0 Å². The van der Waals surface area contributed by atoms with Gasteiger partial charge in [0, 0.05) is 13.6 Å². The van der Waals surface area contributed by atoms with Gasteiger partial charge in [0.25, 0.3) is 0 Å². The molecule has 0 heterocycles. The third-order valence-corrected chi connectivity index (χ3v) is 3.67. The minimum atomic E-state index is -4.41. The van der Waals surface area contributed by atoms with Gasteiger partial charge in [-0.15, -0.1) is 0 Å². The van der Waals surface area contributed by atoms with E-state index in [0.717, 1.165) is 17.7 Å². The van der Waals surface area contributed by atoms with Crippen LogP contribution in [0, 0.1) is 0 Å². The largest absolute Gasteiger partial charge is 0.416 e. The monoisotopic (exact) mass is 336 g/mol. The maximum Gasteiger partial charge on any atom is 0.416 e. The zero-order chi connectivity index (χ0) is 17.7. The molecule has 0 bridgehead atoms. The molecule has 2 rings (SSSR count). The lowest BCUT2D eigenvalue weighted by molar-refractivity contribution is -0.137. The smallest absolute Gasteiger partial charge is 0.340 e. The molecule has 1 atom stereocenters. The number of carbonyl (C=O) groups is 1. The summed E-state index contributed by atoms with van der Waals surface area (Å²) in [4.78, 5) is 13.8. The Morgan fingerprint density at radius 1 is 1.08 bits per heavy atom. The Kier molecular flexibility index (Phi) is 5.62. The highest BCUT2D eigenvalue weighted by atomic mass is 19.4. The molecule has 0 aliphatic rings. The number of carbonyl (C=O) groups excluding carboxylic acids is 1. The van der Waals surface area contributed by atoms with Crippen LogP contribution in [0.5, 0.6) is 0 Å². The average molecular weight is 336 g/mol. The molecule has 24 heavy (non-hydrogen) atoms.